The molecule has 0 unspecified atom stereocenters. The van der Waals surface area contributed by atoms with E-state index in [1.54, 1.807) is 0 Å². The molecule has 2 heterocycles. The van der Waals surface area contributed by atoms with Crippen molar-refractivity contribution in [3.05, 3.63) is 33.1 Å². The number of terminal acetylenes is 1. The van der Waals surface area contributed by atoms with E-state index in [1.807, 2.05) is 10.9 Å². The number of aromatic amines is 1. The van der Waals surface area contributed by atoms with Crippen molar-refractivity contribution in [1.29, 1.82) is 0 Å². The van der Waals surface area contributed by atoms with Crippen molar-refractivity contribution < 1.29 is 14.2 Å². The molecule has 1 aliphatic rings. The highest BCUT2D eigenvalue weighted by atomic mass is 19.1. The number of aromatic nitrogens is 2. The number of H-pyrrole nitrogens is 1. The molecule has 102 valence electrons. The lowest BCUT2D eigenvalue weighted by Crippen LogP contribution is -2.46. The highest BCUT2D eigenvalue weighted by Crippen LogP contribution is 2.45. The SMILES string of the molecule is C#C[C@@]1(F)[C@H](O)C(C)(C)O[C@H]1n1ccc(=O)[nH]c1=O. The maximum atomic E-state index is 14.7. The summed E-state index contributed by atoms with van der Waals surface area (Å²) in [4.78, 5) is 24.6. The molecule has 1 saturated heterocycles. The van der Waals surface area contributed by atoms with Crippen molar-refractivity contribution >= 4 is 0 Å². The molecule has 1 aromatic rings. The van der Waals surface area contributed by atoms with Gasteiger partial charge in [-0.2, -0.15) is 0 Å². The molecule has 0 aliphatic carbocycles. The number of rotatable bonds is 1. The van der Waals surface area contributed by atoms with Gasteiger partial charge in [0.2, 0.25) is 5.67 Å². The summed E-state index contributed by atoms with van der Waals surface area (Å²) >= 11 is 0. The number of alkyl halides is 1. The van der Waals surface area contributed by atoms with Crippen molar-refractivity contribution in [2.45, 2.75) is 37.4 Å². The molecule has 7 heteroatoms. The Morgan fingerprint density at radius 2 is 2.21 bits per heavy atom. The lowest BCUT2D eigenvalue weighted by Gasteiger charge is -2.24. The van der Waals surface area contributed by atoms with Crippen LogP contribution >= 0.6 is 0 Å². The second-order valence-electron chi connectivity index (χ2n) is 4.91. The molecule has 2 N–H and O–H groups in total. The van der Waals surface area contributed by atoms with Crippen LogP contribution in [0.5, 0.6) is 0 Å². The van der Waals surface area contributed by atoms with E-state index in [0.717, 1.165) is 16.8 Å². The summed E-state index contributed by atoms with van der Waals surface area (Å²) < 4.78 is 20.9. The number of hydrogen-bond acceptors (Lipinski definition) is 4. The largest absolute Gasteiger partial charge is 0.385 e. The van der Waals surface area contributed by atoms with Crippen molar-refractivity contribution in [3.8, 4) is 12.3 Å². The third-order valence-corrected chi connectivity index (χ3v) is 3.16. The predicted molar refractivity (Wildman–Crippen MR) is 64.2 cm³/mol. The molecule has 1 fully saturated rings. The first-order valence-corrected chi connectivity index (χ1v) is 5.56. The number of ether oxygens (including phenoxy) is 1. The van der Waals surface area contributed by atoms with E-state index in [0.29, 0.717) is 0 Å². The van der Waals surface area contributed by atoms with Gasteiger partial charge in [0.05, 0.1) is 5.60 Å². The lowest BCUT2D eigenvalue weighted by molar-refractivity contribution is -0.0831. The summed E-state index contributed by atoms with van der Waals surface area (Å²) in [5.41, 5.74) is -5.31. The monoisotopic (exact) mass is 268 g/mol. The van der Waals surface area contributed by atoms with Gasteiger partial charge < -0.3 is 9.84 Å². The maximum absolute atomic E-state index is 14.7. The Morgan fingerprint density at radius 1 is 1.58 bits per heavy atom. The van der Waals surface area contributed by atoms with Gasteiger partial charge in [0.25, 0.3) is 5.56 Å². The van der Waals surface area contributed by atoms with Gasteiger partial charge in [-0.25, -0.2) is 9.18 Å². The summed E-state index contributed by atoms with van der Waals surface area (Å²) in [5.74, 6) is 1.84. The highest BCUT2D eigenvalue weighted by Gasteiger charge is 2.61. The van der Waals surface area contributed by atoms with Crippen molar-refractivity contribution in [2.24, 2.45) is 0 Å². The molecule has 0 amide bonds. The molecule has 0 aromatic carbocycles. The van der Waals surface area contributed by atoms with Crippen LogP contribution in [-0.2, 0) is 4.74 Å². The summed E-state index contributed by atoms with van der Waals surface area (Å²) in [6.07, 6.45) is 3.10. The van der Waals surface area contributed by atoms with Gasteiger partial charge in [0.1, 0.15) is 6.10 Å². The topological polar surface area (TPSA) is 84.3 Å². The number of halogens is 1. The third kappa shape index (κ3) is 1.89. The quantitative estimate of drug-likeness (QED) is 0.675. The van der Waals surface area contributed by atoms with Crippen LogP contribution in [0, 0.1) is 12.3 Å². The maximum Gasteiger partial charge on any atom is 0.330 e. The van der Waals surface area contributed by atoms with E-state index in [4.69, 9.17) is 11.2 Å². The Hall–Kier alpha value is -1.91. The van der Waals surface area contributed by atoms with E-state index in [9.17, 15) is 19.1 Å². The summed E-state index contributed by atoms with van der Waals surface area (Å²) in [6, 6.07) is 1.04. The number of nitrogens with one attached hydrogen (secondary N) is 1. The van der Waals surface area contributed by atoms with Crippen LogP contribution in [-0.4, -0.2) is 32.0 Å². The molecule has 6 nitrogen and oxygen atoms in total. The third-order valence-electron chi connectivity index (χ3n) is 3.16. The van der Waals surface area contributed by atoms with Gasteiger partial charge in [-0.15, -0.1) is 6.42 Å². The van der Waals surface area contributed by atoms with Gasteiger partial charge >= 0.3 is 5.69 Å². The molecule has 0 saturated carbocycles. The van der Waals surface area contributed by atoms with Crippen molar-refractivity contribution in [2.75, 3.05) is 0 Å². The summed E-state index contributed by atoms with van der Waals surface area (Å²) in [5, 5.41) is 9.92. The van der Waals surface area contributed by atoms with Crippen LogP contribution in [0.15, 0.2) is 21.9 Å². The first-order valence-electron chi connectivity index (χ1n) is 5.56. The molecule has 1 aromatic heterocycles. The Labute approximate surface area is 107 Å². The van der Waals surface area contributed by atoms with Crippen LogP contribution in [0.1, 0.15) is 20.1 Å². The minimum atomic E-state index is -2.56. The Morgan fingerprint density at radius 3 is 2.74 bits per heavy atom. The van der Waals surface area contributed by atoms with Gasteiger partial charge in [0.15, 0.2) is 6.23 Å². The van der Waals surface area contributed by atoms with E-state index < -0.39 is 34.9 Å². The fraction of sp³-hybridized carbons (Fsp3) is 0.500. The zero-order chi connectivity index (χ0) is 14.4. The molecule has 2 rings (SSSR count). The van der Waals surface area contributed by atoms with Gasteiger partial charge in [0, 0.05) is 12.3 Å². The molecular weight excluding hydrogens is 255 g/mol. The Bertz CT molecular complexity index is 657. The molecule has 0 bridgehead atoms. The van der Waals surface area contributed by atoms with Gasteiger partial charge in [-0.05, 0) is 13.8 Å². The molecule has 1 aliphatic heterocycles. The van der Waals surface area contributed by atoms with E-state index in [1.165, 1.54) is 13.8 Å². The van der Waals surface area contributed by atoms with Crippen molar-refractivity contribution in [3.63, 3.8) is 0 Å². The fourth-order valence-electron chi connectivity index (χ4n) is 2.10. The van der Waals surface area contributed by atoms with Crippen LogP contribution in [0.3, 0.4) is 0 Å². The highest BCUT2D eigenvalue weighted by molar-refractivity contribution is 5.21. The average molecular weight is 268 g/mol. The van der Waals surface area contributed by atoms with Crippen LogP contribution in [0.2, 0.25) is 0 Å². The van der Waals surface area contributed by atoms with E-state index in [-0.39, 0.29) is 0 Å². The normalized spacial score (nSPS) is 33.0. The minimum absolute atomic E-state index is 0.621. The van der Waals surface area contributed by atoms with Crippen molar-refractivity contribution in [1.82, 2.24) is 9.55 Å². The Kier molecular flexibility index (Phi) is 2.88. The smallest absolute Gasteiger partial charge is 0.330 e. The molecule has 3 atom stereocenters. The second-order valence-corrected chi connectivity index (χ2v) is 4.91. The zero-order valence-corrected chi connectivity index (χ0v) is 10.4. The number of hydrogen-bond donors (Lipinski definition) is 2. The molecule has 19 heavy (non-hydrogen) atoms. The Balaban J connectivity index is 2.59. The summed E-state index contributed by atoms with van der Waals surface area (Å²) in [6.45, 7) is 2.92. The molecular formula is C12H13FN2O4. The standard InChI is InChI=1S/C12H13FN2O4/c1-4-12(13)8(17)11(2,3)19-9(12)15-6-5-7(16)14-10(15)18/h1,5-6,8-9,17H,2-3H3,(H,14,16,18)/t8-,9-,12-/m1/s1. The first-order chi connectivity index (χ1) is 8.72. The number of nitrogens with zero attached hydrogens (tertiary/aromatic N) is 1. The van der Waals surface area contributed by atoms with E-state index >= 15 is 0 Å². The second kappa shape index (κ2) is 4.05. The van der Waals surface area contributed by atoms with Gasteiger partial charge in [-0.1, -0.05) is 5.92 Å². The number of aliphatic hydroxyl groups excluding tert-OH is 1. The number of aliphatic hydroxyl groups is 1. The lowest BCUT2D eigenvalue weighted by atomic mass is 9.90. The van der Waals surface area contributed by atoms with Crippen LogP contribution in [0.25, 0.3) is 0 Å². The summed E-state index contributed by atoms with van der Waals surface area (Å²) in [7, 11) is 0. The van der Waals surface area contributed by atoms with Crippen LogP contribution < -0.4 is 11.2 Å². The molecule has 0 radical (unpaired) electrons. The predicted octanol–water partition coefficient (Wildman–Crippen LogP) is -0.454. The van der Waals surface area contributed by atoms with E-state index in [2.05, 4.69) is 0 Å². The van der Waals surface area contributed by atoms with Crippen LogP contribution in [0.4, 0.5) is 4.39 Å². The fourth-order valence-corrected chi connectivity index (χ4v) is 2.10. The first kappa shape index (κ1) is 13.5. The van der Waals surface area contributed by atoms with Gasteiger partial charge in [-0.3, -0.25) is 14.3 Å². The zero-order valence-electron chi connectivity index (χ0n) is 10.4. The molecule has 0 spiro atoms. The average Bonchev–Trinajstić information content (AvgIpc) is 2.51. The minimum Gasteiger partial charge on any atom is -0.385 e.